The Kier molecular flexibility index (Phi) is 6.63. The van der Waals surface area contributed by atoms with Crippen LogP contribution in [0.2, 0.25) is 0 Å². The van der Waals surface area contributed by atoms with Crippen LogP contribution in [-0.2, 0) is 8.85 Å². The Balaban J connectivity index is 2.58. The summed E-state index contributed by atoms with van der Waals surface area (Å²) in [7, 11) is 0.0189. The largest absolute Gasteiger partial charge is 0.396 e. The molecule has 0 unspecified atom stereocenters. The fourth-order valence-corrected chi connectivity index (χ4v) is 3.30. The normalized spacial score (nSPS) is 10.7. The number of rotatable bonds is 7. The molecule has 0 spiro atoms. The van der Waals surface area contributed by atoms with Gasteiger partial charge in [-0.2, -0.15) is 0 Å². The third kappa shape index (κ3) is 4.60. The second kappa shape index (κ2) is 8.02. The van der Waals surface area contributed by atoms with Gasteiger partial charge in [-0.1, -0.05) is 18.2 Å². The van der Waals surface area contributed by atoms with Crippen molar-refractivity contribution >= 4 is 15.2 Å². The van der Waals surface area contributed by atoms with Crippen molar-refractivity contribution in [3.05, 3.63) is 35.9 Å². The Hall–Kier alpha value is -1.17. The average Bonchev–Trinajstić information content (AvgIpc) is 2.39. The van der Waals surface area contributed by atoms with E-state index in [1.807, 2.05) is 44.2 Å². The molecule has 0 N–H and O–H groups in total. The van der Waals surface area contributed by atoms with Gasteiger partial charge in [0.05, 0.1) is 6.17 Å². The van der Waals surface area contributed by atoms with Crippen molar-refractivity contribution in [2.24, 2.45) is 0 Å². The lowest BCUT2D eigenvalue weighted by molar-refractivity contribution is 0.0796. The first-order chi connectivity index (χ1) is 8.69. The highest BCUT2D eigenvalue weighted by Gasteiger charge is 2.19. The maximum atomic E-state index is 12.1. The van der Waals surface area contributed by atoms with E-state index in [4.69, 9.17) is 8.85 Å². The van der Waals surface area contributed by atoms with E-state index < -0.39 is 9.28 Å². The Morgan fingerprint density at radius 3 is 2.22 bits per heavy atom. The topological polar surface area (TPSA) is 38.8 Å². The minimum atomic E-state index is -1.77. The zero-order valence-electron chi connectivity index (χ0n) is 11.3. The van der Waals surface area contributed by atoms with Crippen molar-refractivity contribution < 1.29 is 13.6 Å². The highest BCUT2D eigenvalue weighted by Crippen LogP contribution is 2.04. The average molecular weight is 267 g/mol. The summed E-state index contributed by atoms with van der Waals surface area (Å²) in [5.41, 5.74) is 0.695. The van der Waals surface area contributed by atoms with E-state index in [0.717, 1.165) is 0 Å². The molecule has 0 atom stereocenters. The smallest absolute Gasteiger partial charge is 0.341 e. The van der Waals surface area contributed by atoms with Crippen LogP contribution in [0.1, 0.15) is 24.2 Å². The molecule has 0 fully saturated rings. The van der Waals surface area contributed by atoms with Gasteiger partial charge in [0, 0.05) is 25.8 Å². The van der Waals surface area contributed by atoms with Gasteiger partial charge in [-0.15, -0.1) is 0 Å². The summed E-state index contributed by atoms with van der Waals surface area (Å²) in [6.07, 6.45) is 0.565. The Labute approximate surface area is 110 Å². The lowest BCUT2D eigenvalue weighted by Gasteiger charge is -2.22. The van der Waals surface area contributed by atoms with E-state index in [2.05, 4.69) is 0 Å². The summed E-state index contributed by atoms with van der Waals surface area (Å²) >= 11 is 0. The summed E-state index contributed by atoms with van der Waals surface area (Å²) < 4.78 is 11.1. The van der Waals surface area contributed by atoms with Gasteiger partial charge in [0.2, 0.25) is 0 Å². The standard InChI is InChI=1S/C13H21NO3Si/c1-4-16-18(17-5-2)11-14(3)13(15)12-9-7-6-8-10-12/h6-10,18H,4-5,11H2,1-3H3. The van der Waals surface area contributed by atoms with E-state index in [0.29, 0.717) is 24.9 Å². The summed E-state index contributed by atoms with van der Waals surface area (Å²) in [6.45, 7) is 5.14. The maximum absolute atomic E-state index is 12.1. The molecule has 0 saturated heterocycles. The zero-order chi connectivity index (χ0) is 13.4. The number of benzene rings is 1. The molecule has 1 rings (SSSR count). The molecule has 0 aliphatic heterocycles. The number of hydrogen-bond donors (Lipinski definition) is 0. The summed E-state index contributed by atoms with van der Waals surface area (Å²) in [5.74, 6) is 0.00695. The van der Waals surface area contributed by atoms with Crippen LogP contribution in [0.5, 0.6) is 0 Å². The molecule has 18 heavy (non-hydrogen) atoms. The molecule has 1 aromatic rings. The van der Waals surface area contributed by atoms with Crippen molar-refractivity contribution in [1.82, 2.24) is 4.90 Å². The molecule has 0 heterocycles. The minimum Gasteiger partial charge on any atom is -0.396 e. The zero-order valence-corrected chi connectivity index (χ0v) is 12.4. The number of amides is 1. The second-order valence-corrected chi connectivity index (χ2v) is 5.78. The number of nitrogens with zero attached hydrogens (tertiary/aromatic N) is 1. The fraction of sp³-hybridized carbons (Fsp3) is 0.462. The highest BCUT2D eigenvalue weighted by molar-refractivity contribution is 6.45. The predicted molar refractivity (Wildman–Crippen MR) is 73.8 cm³/mol. The lowest BCUT2D eigenvalue weighted by atomic mass is 10.2. The molecule has 0 bridgehead atoms. The van der Waals surface area contributed by atoms with Crippen LogP contribution >= 0.6 is 0 Å². The van der Waals surface area contributed by atoms with Crippen LogP contribution in [0.25, 0.3) is 0 Å². The van der Waals surface area contributed by atoms with Gasteiger partial charge in [0.15, 0.2) is 0 Å². The summed E-state index contributed by atoms with van der Waals surface area (Å²) in [4.78, 5) is 13.8. The van der Waals surface area contributed by atoms with Gasteiger partial charge in [-0.3, -0.25) is 4.79 Å². The van der Waals surface area contributed by atoms with Gasteiger partial charge in [-0.25, -0.2) is 0 Å². The van der Waals surface area contributed by atoms with Crippen molar-refractivity contribution in [1.29, 1.82) is 0 Å². The number of hydrogen-bond acceptors (Lipinski definition) is 3. The molecule has 0 aliphatic rings. The van der Waals surface area contributed by atoms with E-state index in [-0.39, 0.29) is 5.91 Å². The Bertz CT molecular complexity index is 353. The van der Waals surface area contributed by atoms with Crippen LogP contribution < -0.4 is 0 Å². The van der Waals surface area contributed by atoms with E-state index in [1.54, 1.807) is 11.9 Å². The monoisotopic (exact) mass is 267 g/mol. The van der Waals surface area contributed by atoms with Crippen molar-refractivity contribution in [3.63, 3.8) is 0 Å². The molecule has 0 aromatic heterocycles. The molecule has 1 amide bonds. The van der Waals surface area contributed by atoms with Gasteiger partial charge in [-0.05, 0) is 26.0 Å². The van der Waals surface area contributed by atoms with Gasteiger partial charge < -0.3 is 13.8 Å². The lowest BCUT2D eigenvalue weighted by Crippen LogP contribution is -2.40. The van der Waals surface area contributed by atoms with Crippen molar-refractivity contribution in [3.8, 4) is 0 Å². The minimum absolute atomic E-state index is 0.00695. The SMILES string of the molecule is CCO[SiH](CN(C)C(=O)c1ccccc1)OCC. The predicted octanol–water partition coefficient (Wildman–Crippen LogP) is 1.59. The summed E-state index contributed by atoms with van der Waals surface area (Å²) in [6, 6.07) is 9.25. The molecular formula is C13H21NO3Si. The molecular weight excluding hydrogens is 246 g/mol. The highest BCUT2D eigenvalue weighted by atomic mass is 28.3. The first-order valence-corrected chi connectivity index (χ1v) is 7.98. The summed E-state index contributed by atoms with van der Waals surface area (Å²) in [5, 5.41) is 0. The Morgan fingerprint density at radius 2 is 1.72 bits per heavy atom. The van der Waals surface area contributed by atoms with E-state index >= 15 is 0 Å². The van der Waals surface area contributed by atoms with Gasteiger partial charge in [0.25, 0.3) is 5.91 Å². The second-order valence-electron chi connectivity index (χ2n) is 3.89. The molecule has 0 radical (unpaired) electrons. The van der Waals surface area contributed by atoms with Gasteiger partial charge >= 0.3 is 9.28 Å². The van der Waals surface area contributed by atoms with Gasteiger partial charge in [0.1, 0.15) is 0 Å². The van der Waals surface area contributed by atoms with E-state index in [1.165, 1.54) is 0 Å². The number of carbonyl (C=O) groups excluding carboxylic acids is 1. The Morgan fingerprint density at radius 1 is 1.17 bits per heavy atom. The molecule has 1 aromatic carbocycles. The third-order valence-electron chi connectivity index (χ3n) is 2.50. The molecule has 0 saturated carbocycles. The fourth-order valence-electron chi connectivity index (χ4n) is 1.63. The third-order valence-corrected chi connectivity index (χ3v) is 4.75. The quantitative estimate of drug-likeness (QED) is 0.704. The van der Waals surface area contributed by atoms with Crippen LogP contribution in [0.15, 0.2) is 30.3 Å². The molecule has 4 nitrogen and oxygen atoms in total. The molecule has 100 valence electrons. The first-order valence-electron chi connectivity index (χ1n) is 6.22. The van der Waals surface area contributed by atoms with Crippen LogP contribution in [-0.4, -0.2) is 46.5 Å². The number of carbonyl (C=O) groups is 1. The van der Waals surface area contributed by atoms with Crippen LogP contribution in [0, 0.1) is 0 Å². The van der Waals surface area contributed by atoms with Crippen LogP contribution in [0.3, 0.4) is 0 Å². The van der Waals surface area contributed by atoms with Crippen LogP contribution in [0.4, 0.5) is 0 Å². The maximum Gasteiger partial charge on any atom is 0.341 e. The molecule has 5 heteroatoms. The van der Waals surface area contributed by atoms with Crippen molar-refractivity contribution in [2.45, 2.75) is 13.8 Å². The molecule has 0 aliphatic carbocycles. The first kappa shape index (κ1) is 14.9. The van der Waals surface area contributed by atoms with Crippen molar-refractivity contribution in [2.75, 3.05) is 26.4 Å². The van der Waals surface area contributed by atoms with E-state index in [9.17, 15) is 4.79 Å².